The Morgan fingerprint density at radius 1 is 1.13 bits per heavy atom. The Kier molecular flexibility index (Phi) is 6.18. The first-order chi connectivity index (χ1) is 11.1. The molecular formula is C19H27N3O. The second kappa shape index (κ2) is 8.12. The smallest absolute Gasteiger partial charge is 0.225 e. The van der Waals surface area contributed by atoms with Gasteiger partial charge in [0.15, 0.2) is 0 Å². The van der Waals surface area contributed by atoms with Crippen molar-refractivity contribution in [2.75, 3.05) is 26.2 Å². The molecule has 124 valence electrons. The van der Waals surface area contributed by atoms with E-state index >= 15 is 0 Å². The minimum atomic E-state index is -0.221. The van der Waals surface area contributed by atoms with Crippen LogP contribution in [-0.2, 0) is 4.79 Å². The summed E-state index contributed by atoms with van der Waals surface area (Å²) in [5.41, 5.74) is 2.24. The molecule has 23 heavy (non-hydrogen) atoms. The first-order valence-corrected chi connectivity index (χ1v) is 8.59. The largest absolute Gasteiger partial charge is 0.340 e. The van der Waals surface area contributed by atoms with Crippen molar-refractivity contribution < 1.29 is 4.79 Å². The molecule has 1 unspecified atom stereocenters. The number of hydrogen-bond donors (Lipinski definition) is 0. The zero-order valence-corrected chi connectivity index (χ0v) is 14.5. The molecule has 0 aromatic heterocycles. The highest BCUT2D eigenvalue weighted by Crippen LogP contribution is 2.23. The van der Waals surface area contributed by atoms with Crippen molar-refractivity contribution in [3.8, 4) is 6.07 Å². The van der Waals surface area contributed by atoms with Crippen LogP contribution in [0.2, 0.25) is 0 Å². The van der Waals surface area contributed by atoms with Gasteiger partial charge in [-0.25, -0.2) is 0 Å². The molecule has 1 aliphatic heterocycles. The van der Waals surface area contributed by atoms with Gasteiger partial charge < -0.3 is 4.90 Å². The number of aryl methyl sites for hydroxylation is 1. The first-order valence-electron chi connectivity index (χ1n) is 8.59. The zero-order valence-electron chi connectivity index (χ0n) is 14.5. The van der Waals surface area contributed by atoms with Crippen molar-refractivity contribution in [3.05, 3.63) is 35.4 Å². The van der Waals surface area contributed by atoms with Gasteiger partial charge in [-0.15, -0.1) is 0 Å². The van der Waals surface area contributed by atoms with Gasteiger partial charge in [0.2, 0.25) is 5.91 Å². The molecule has 2 rings (SSSR count). The third kappa shape index (κ3) is 4.11. The summed E-state index contributed by atoms with van der Waals surface area (Å²) in [5.74, 6) is 0.420. The van der Waals surface area contributed by atoms with Crippen LogP contribution in [0.25, 0.3) is 0 Å². The molecule has 0 aliphatic carbocycles. The molecule has 1 saturated heterocycles. The highest BCUT2D eigenvalue weighted by atomic mass is 16.2. The van der Waals surface area contributed by atoms with Gasteiger partial charge >= 0.3 is 0 Å². The molecule has 1 atom stereocenters. The summed E-state index contributed by atoms with van der Waals surface area (Å²) in [5, 5.41) is 9.57. The highest BCUT2D eigenvalue weighted by Gasteiger charge is 2.29. The van der Waals surface area contributed by atoms with Gasteiger partial charge in [0.25, 0.3) is 0 Å². The molecule has 1 aliphatic rings. The number of benzene rings is 1. The summed E-state index contributed by atoms with van der Waals surface area (Å²) < 4.78 is 0. The van der Waals surface area contributed by atoms with Gasteiger partial charge in [0.1, 0.15) is 6.04 Å². The van der Waals surface area contributed by atoms with E-state index in [4.69, 9.17) is 0 Å². The fraction of sp³-hybridized carbons (Fsp3) is 0.579. The van der Waals surface area contributed by atoms with Crippen molar-refractivity contribution in [2.24, 2.45) is 5.92 Å². The Balaban J connectivity index is 1.99. The monoisotopic (exact) mass is 313 g/mol. The topological polar surface area (TPSA) is 47.3 Å². The third-order valence-corrected chi connectivity index (χ3v) is 4.84. The first kappa shape index (κ1) is 17.5. The maximum atomic E-state index is 12.5. The molecule has 0 saturated carbocycles. The van der Waals surface area contributed by atoms with Crippen LogP contribution >= 0.6 is 0 Å². The number of carbonyl (C=O) groups is 1. The lowest BCUT2D eigenvalue weighted by Crippen LogP contribution is -2.50. The maximum absolute atomic E-state index is 12.5. The van der Waals surface area contributed by atoms with Crippen LogP contribution in [-0.4, -0.2) is 41.9 Å². The summed E-state index contributed by atoms with van der Waals surface area (Å²) >= 11 is 0. The Morgan fingerprint density at radius 3 is 2.17 bits per heavy atom. The van der Waals surface area contributed by atoms with E-state index in [1.807, 2.05) is 36.1 Å². The highest BCUT2D eigenvalue weighted by molar-refractivity contribution is 5.78. The number of piperazine rings is 1. The molecule has 1 amide bonds. The Morgan fingerprint density at radius 2 is 1.70 bits per heavy atom. The minimum Gasteiger partial charge on any atom is -0.340 e. The van der Waals surface area contributed by atoms with Gasteiger partial charge in [-0.2, -0.15) is 5.26 Å². The van der Waals surface area contributed by atoms with Crippen LogP contribution in [0, 0.1) is 24.2 Å². The van der Waals surface area contributed by atoms with Crippen molar-refractivity contribution >= 4 is 5.91 Å². The molecule has 0 spiro atoms. The molecular weight excluding hydrogens is 286 g/mol. The van der Waals surface area contributed by atoms with Gasteiger partial charge in [-0.1, -0.05) is 43.7 Å². The average molecular weight is 313 g/mol. The standard InChI is InChI=1S/C19H27N3O/c1-4-16(5-2)19(23)22-12-10-21(11-13-22)18(14-20)17-8-6-15(3)7-9-17/h6-9,16,18H,4-5,10-13H2,1-3H3. The van der Waals surface area contributed by atoms with E-state index in [9.17, 15) is 10.1 Å². The second-order valence-corrected chi connectivity index (χ2v) is 6.32. The van der Waals surface area contributed by atoms with Crippen molar-refractivity contribution in [2.45, 2.75) is 39.7 Å². The number of nitriles is 1. The minimum absolute atomic E-state index is 0.144. The van der Waals surface area contributed by atoms with E-state index in [-0.39, 0.29) is 17.9 Å². The molecule has 0 radical (unpaired) electrons. The number of amides is 1. The summed E-state index contributed by atoms with van der Waals surface area (Å²) in [4.78, 5) is 16.6. The number of rotatable bonds is 5. The summed E-state index contributed by atoms with van der Waals surface area (Å²) in [7, 11) is 0. The SMILES string of the molecule is CCC(CC)C(=O)N1CCN(C(C#N)c2ccc(C)cc2)CC1. The molecule has 0 N–H and O–H groups in total. The Bertz CT molecular complexity index is 549. The number of nitrogens with zero attached hydrogens (tertiary/aromatic N) is 3. The summed E-state index contributed by atoms with van der Waals surface area (Å²) in [6.45, 7) is 9.17. The fourth-order valence-corrected chi connectivity index (χ4v) is 3.21. The van der Waals surface area contributed by atoms with Crippen LogP contribution in [0.4, 0.5) is 0 Å². The average Bonchev–Trinajstić information content (AvgIpc) is 2.59. The van der Waals surface area contributed by atoms with Crippen LogP contribution < -0.4 is 0 Å². The van der Waals surface area contributed by atoms with Gasteiger partial charge in [-0.05, 0) is 25.3 Å². The van der Waals surface area contributed by atoms with Gasteiger partial charge in [-0.3, -0.25) is 9.69 Å². The van der Waals surface area contributed by atoms with Crippen LogP contribution in [0.5, 0.6) is 0 Å². The number of carbonyl (C=O) groups excluding carboxylic acids is 1. The Hall–Kier alpha value is -1.86. The molecule has 1 fully saturated rings. The second-order valence-electron chi connectivity index (χ2n) is 6.32. The van der Waals surface area contributed by atoms with E-state index in [0.29, 0.717) is 0 Å². The Labute approximate surface area is 139 Å². The lowest BCUT2D eigenvalue weighted by Gasteiger charge is -2.38. The molecule has 0 bridgehead atoms. The normalized spacial score (nSPS) is 17.1. The quantitative estimate of drug-likeness (QED) is 0.839. The van der Waals surface area contributed by atoms with Crippen LogP contribution in [0.1, 0.15) is 43.9 Å². The predicted molar refractivity (Wildman–Crippen MR) is 91.8 cm³/mol. The van der Waals surface area contributed by atoms with Gasteiger partial charge in [0, 0.05) is 32.1 Å². The third-order valence-electron chi connectivity index (χ3n) is 4.84. The van der Waals surface area contributed by atoms with Crippen molar-refractivity contribution in [3.63, 3.8) is 0 Å². The van der Waals surface area contributed by atoms with E-state index < -0.39 is 0 Å². The zero-order chi connectivity index (χ0) is 16.8. The summed E-state index contributed by atoms with van der Waals surface area (Å²) in [6.07, 6.45) is 1.81. The van der Waals surface area contributed by atoms with Crippen LogP contribution in [0.3, 0.4) is 0 Å². The van der Waals surface area contributed by atoms with Crippen LogP contribution in [0.15, 0.2) is 24.3 Å². The molecule has 4 nitrogen and oxygen atoms in total. The lowest BCUT2D eigenvalue weighted by atomic mass is 10.0. The van der Waals surface area contributed by atoms with E-state index in [1.54, 1.807) is 0 Å². The van der Waals surface area contributed by atoms with E-state index in [0.717, 1.165) is 44.6 Å². The summed E-state index contributed by atoms with van der Waals surface area (Å²) in [6, 6.07) is 10.4. The molecule has 1 aromatic carbocycles. The molecule has 4 heteroatoms. The van der Waals surface area contributed by atoms with Gasteiger partial charge in [0.05, 0.1) is 6.07 Å². The fourth-order valence-electron chi connectivity index (χ4n) is 3.21. The maximum Gasteiger partial charge on any atom is 0.225 e. The predicted octanol–water partition coefficient (Wildman–Crippen LogP) is 3.14. The molecule has 1 aromatic rings. The van der Waals surface area contributed by atoms with E-state index in [1.165, 1.54) is 5.56 Å². The number of hydrogen-bond acceptors (Lipinski definition) is 3. The van der Waals surface area contributed by atoms with E-state index in [2.05, 4.69) is 24.8 Å². The van der Waals surface area contributed by atoms with Crippen molar-refractivity contribution in [1.29, 1.82) is 5.26 Å². The molecule has 1 heterocycles. The lowest BCUT2D eigenvalue weighted by molar-refractivity contribution is -0.137. The van der Waals surface area contributed by atoms with Crippen molar-refractivity contribution in [1.82, 2.24) is 9.80 Å².